The van der Waals surface area contributed by atoms with Crippen LogP contribution in [0.4, 0.5) is 39.6 Å². The van der Waals surface area contributed by atoms with Crippen LogP contribution in [0.15, 0.2) is 0 Å². The molecule has 0 aromatic heterocycles. The minimum absolute atomic E-state index is 0.128. The largest absolute Gasteiger partial charge is 0.459 e. The second-order valence-corrected chi connectivity index (χ2v) is 7.28. The first kappa shape index (κ1) is 27.1. The van der Waals surface area contributed by atoms with Crippen LogP contribution in [0.1, 0.15) is 13.3 Å². The Hall–Kier alpha value is 0.0800. The molecule has 0 N–H and O–H groups in total. The fourth-order valence-corrected chi connectivity index (χ4v) is 3.41. The third-order valence-electron chi connectivity index (χ3n) is 4.03. The van der Waals surface area contributed by atoms with Crippen molar-refractivity contribution in [2.75, 3.05) is 45.6 Å². The number of piperazine rings is 1. The van der Waals surface area contributed by atoms with Crippen molar-refractivity contribution < 1.29 is 49.1 Å². The molecular formula is C13H21BrF9N2OS+. The van der Waals surface area contributed by atoms with Crippen molar-refractivity contribution in [2.24, 2.45) is 0 Å². The Morgan fingerprint density at radius 1 is 1.00 bits per heavy atom. The van der Waals surface area contributed by atoms with Gasteiger partial charge in [-0.1, -0.05) is 22.9 Å². The number of rotatable bonds is 7. The second kappa shape index (κ2) is 9.72. The van der Waals surface area contributed by atoms with Crippen LogP contribution >= 0.6 is 27.9 Å². The van der Waals surface area contributed by atoms with Crippen molar-refractivity contribution in [1.82, 2.24) is 4.31 Å². The number of halogens is 10. The maximum Gasteiger partial charge on any atom is 0.459 e. The van der Waals surface area contributed by atoms with E-state index in [9.17, 15) is 39.6 Å². The Morgan fingerprint density at radius 2 is 1.44 bits per heavy atom. The predicted octanol–water partition coefficient (Wildman–Crippen LogP) is 5.18. The molecule has 0 bridgehead atoms. The smallest absolute Gasteiger partial charge is 0.324 e. The van der Waals surface area contributed by atoms with Crippen LogP contribution in [-0.2, 0) is 4.94 Å². The Kier molecular flexibility index (Phi) is 9.75. The lowest BCUT2D eigenvalue weighted by Gasteiger charge is -2.43. The van der Waals surface area contributed by atoms with Gasteiger partial charge in [-0.15, -0.1) is 4.94 Å². The number of hydrogen-bond donors (Lipinski definition) is 0. The third kappa shape index (κ3) is 5.80. The highest BCUT2D eigenvalue weighted by Crippen LogP contribution is 2.57. The highest BCUT2D eigenvalue weighted by atomic mass is 79.9. The molecule has 1 unspecified atom stereocenters. The van der Waals surface area contributed by atoms with Crippen LogP contribution in [0.3, 0.4) is 0 Å². The molecule has 0 amide bonds. The van der Waals surface area contributed by atoms with E-state index in [1.165, 1.54) is 0 Å². The molecule has 1 atom stereocenters. The highest BCUT2D eigenvalue weighted by Gasteiger charge is 2.83. The molecule has 0 aromatic carbocycles. The molecule has 0 radical (unpaired) electrons. The zero-order chi connectivity index (χ0) is 21.7. The van der Waals surface area contributed by atoms with E-state index in [4.69, 9.17) is 0 Å². The standard InChI is InChI=1S/C12H18F9N2OS.CH3Br/c1-3-6-23(2)7-4-22(5-8-23)25-12(19,20)10(15,24-21)9(13,14)11(16,17)18;1-2/h3-8H2,1-2H3;1H3/q+1;. The first-order valence-corrected chi connectivity index (χ1v) is 9.98. The molecule has 0 spiro atoms. The quantitative estimate of drug-likeness (QED) is 0.206. The highest BCUT2D eigenvalue weighted by molar-refractivity contribution is 9.08. The molecule has 164 valence electrons. The van der Waals surface area contributed by atoms with Gasteiger partial charge in [0.15, 0.2) is 0 Å². The molecule has 1 fully saturated rings. The van der Waals surface area contributed by atoms with E-state index in [1.54, 1.807) is 0 Å². The maximum atomic E-state index is 13.8. The van der Waals surface area contributed by atoms with Gasteiger partial charge < -0.3 is 4.48 Å². The van der Waals surface area contributed by atoms with E-state index in [2.05, 4.69) is 15.9 Å². The Balaban J connectivity index is 0.00000326. The molecule has 14 heteroatoms. The van der Waals surface area contributed by atoms with Gasteiger partial charge in [-0.2, -0.15) is 35.1 Å². The van der Waals surface area contributed by atoms with Gasteiger partial charge in [-0.3, -0.25) is 0 Å². The molecular weight excluding hydrogens is 483 g/mol. The second-order valence-electron chi connectivity index (χ2n) is 6.07. The normalized spacial score (nSPS) is 21.2. The lowest BCUT2D eigenvalue weighted by Crippen LogP contribution is -2.64. The van der Waals surface area contributed by atoms with Gasteiger partial charge in [0.05, 0.1) is 39.8 Å². The molecule has 27 heavy (non-hydrogen) atoms. The number of alkyl halides is 9. The van der Waals surface area contributed by atoms with Gasteiger partial charge in [0.2, 0.25) is 0 Å². The van der Waals surface area contributed by atoms with Gasteiger partial charge in [0.25, 0.3) is 0 Å². The average Bonchev–Trinajstić information content (AvgIpc) is 2.57. The maximum absolute atomic E-state index is 13.8. The van der Waals surface area contributed by atoms with E-state index in [-0.39, 0.29) is 13.1 Å². The number of quaternary nitrogens is 1. The van der Waals surface area contributed by atoms with E-state index in [0.717, 1.165) is 10.7 Å². The van der Waals surface area contributed by atoms with Crippen molar-refractivity contribution in [3.05, 3.63) is 0 Å². The summed E-state index contributed by atoms with van der Waals surface area (Å²) >= 11 is 2.02. The number of nitrogens with zero attached hydrogens (tertiary/aromatic N) is 2. The summed E-state index contributed by atoms with van der Waals surface area (Å²) in [5, 5.41) is -5.52. The molecule has 1 saturated heterocycles. The topological polar surface area (TPSA) is 12.5 Å². The van der Waals surface area contributed by atoms with Crippen LogP contribution in [0.2, 0.25) is 0 Å². The summed E-state index contributed by atoms with van der Waals surface area (Å²) in [6, 6.07) is 0. The van der Waals surface area contributed by atoms with Gasteiger partial charge >= 0.3 is 23.2 Å². The lowest BCUT2D eigenvalue weighted by atomic mass is 10.1. The van der Waals surface area contributed by atoms with Crippen LogP contribution in [0, 0.1) is 0 Å². The molecule has 0 aliphatic carbocycles. The zero-order valence-corrected chi connectivity index (χ0v) is 17.1. The third-order valence-corrected chi connectivity index (χ3v) is 5.14. The van der Waals surface area contributed by atoms with Crippen LogP contribution in [-0.4, -0.2) is 77.6 Å². The van der Waals surface area contributed by atoms with Crippen molar-refractivity contribution in [3.8, 4) is 0 Å². The molecule has 1 aliphatic rings. The molecule has 1 aliphatic heterocycles. The fourth-order valence-electron chi connectivity index (χ4n) is 2.46. The summed E-state index contributed by atoms with van der Waals surface area (Å²) in [6.45, 7) is 2.94. The Labute approximate surface area is 163 Å². The van der Waals surface area contributed by atoms with Crippen molar-refractivity contribution in [3.63, 3.8) is 0 Å². The first-order valence-electron chi connectivity index (χ1n) is 7.62. The van der Waals surface area contributed by atoms with Gasteiger partial charge in [0.1, 0.15) is 0 Å². The predicted molar refractivity (Wildman–Crippen MR) is 87.1 cm³/mol. The molecule has 3 nitrogen and oxygen atoms in total. The summed E-state index contributed by atoms with van der Waals surface area (Å²) in [4.78, 5) is 1.88. The van der Waals surface area contributed by atoms with Crippen LogP contribution in [0.5, 0.6) is 0 Å². The van der Waals surface area contributed by atoms with E-state index in [0.29, 0.717) is 24.1 Å². The number of hydrogen-bond acceptors (Lipinski definition) is 3. The van der Waals surface area contributed by atoms with E-state index >= 15 is 0 Å². The first-order chi connectivity index (χ1) is 12.2. The monoisotopic (exact) mass is 503 g/mol. The summed E-state index contributed by atoms with van der Waals surface area (Å²) in [5.74, 6) is -11.1. The SMILES string of the molecule is CBr.CCC[N+]1(C)CCN(SC(F)(F)C(F)(OF)C(F)(F)C(F)(F)F)CC1. The summed E-state index contributed by atoms with van der Waals surface area (Å²) in [5.41, 5.74) is 0. The van der Waals surface area contributed by atoms with Gasteiger partial charge in [-0.05, 0) is 16.8 Å². The van der Waals surface area contributed by atoms with Crippen molar-refractivity contribution in [2.45, 2.75) is 36.6 Å². The van der Waals surface area contributed by atoms with Crippen molar-refractivity contribution in [1.29, 1.82) is 0 Å². The lowest BCUT2D eigenvalue weighted by molar-refractivity contribution is -0.912. The van der Waals surface area contributed by atoms with Crippen molar-refractivity contribution >= 4 is 27.9 Å². The molecule has 0 saturated carbocycles. The summed E-state index contributed by atoms with van der Waals surface area (Å²) in [7, 11) is 1.82. The molecule has 1 rings (SSSR count). The Bertz CT molecular complexity index is 462. The van der Waals surface area contributed by atoms with E-state index in [1.807, 2.05) is 24.7 Å². The van der Waals surface area contributed by atoms with Gasteiger partial charge in [0, 0.05) is 11.9 Å². The fraction of sp³-hybridized carbons (Fsp3) is 1.00. The van der Waals surface area contributed by atoms with Gasteiger partial charge in [-0.25, -0.2) is 4.31 Å². The minimum atomic E-state index is -6.77. The van der Waals surface area contributed by atoms with E-state index < -0.39 is 35.2 Å². The average molecular weight is 504 g/mol. The zero-order valence-electron chi connectivity index (χ0n) is 14.7. The minimum Gasteiger partial charge on any atom is -0.324 e. The molecule has 1 heterocycles. The Morgan fingerprint density at radius 3 is 1.78 bits per heavy atom. The number of likely N-dealkylation sites (N-methyl/N-ethyl adjacent to an activating group) is 1. The molecule has 0 aromatic rings. The summed E-state index contributed by atoms with van der Waals surface area (Å²) < 4.78 is 118. The van der Waals surface area contributed by atoms with Crippen LogP contribution in [0.25, 0.3) is 0 Å². The van der Waals surface area contributed by atoms with Crippen LogP contribution < -0.4 is 0 Å². The summed E-state index contributed by atoms with van der Waals surface area (Å²) in [6.07, 6.45) is -5.97.